The van der Waals surface area contributed by atoms with Crippen LogP contribution in [0.25, 0.3) is 21.5 Å². The van der Waals surface area contributed by atoms with Gasteiger partial charge < -0.3 is 20.5 Å². The summed E-state index contributed by atoms with van der Waals surface area (Å²) in [5.74, 6) is -0.0781. The summed E-state index contributed by atoms with van der Waals surface area (Å²) in [6.45, 7) is 0.139. The van der Waals surface area contributed by atoms with Crippen LogP contribution in [0.3, 0.4) is 0 Å². The molecule has 3 aromatic heterocycles. The van der Waals surface area contributed by atoms with Crippen molar-refractivity contribution in [3.05, 3.63) is 52.2 Å². The molecule has 1 saturated carbocycles. The number of ether oxygens (including phenoxy) is 2. The first-order valence-electron chi connectivity index (χ1n) is 10.7. The minimum atomic E-state index is -2.76. The third kappa shape index (κ3) is 3.75. The number of alkyl halides is 2. The fourth-order valence-corrected chi connectivity index (χ4v) is 5.11. The number of carbonyl (C=O) groups excluding carboxylic acids is 2. The molecule has 1 aliphatic carbocycles. The van der Waals surface area contributed by atoms with Crippen LogP contribution < -0.4 is 20.5 Å². The summed E-state index contributed by atoms with van der Waals surface area (Å²) < 4.78 is 37.5. The first kappa shape index (κ1) is 21.5. The second-order valence-electron chi connectivity index (χ2n) is 8.25. The summed E-state index contributed by atoms with van der Waals surface area (Å²) in [5.41, 5.74) is 7.36. The van der Waals surface area contributed by atoms with Gasteiger partial charge in [0.15, 0.2) is 11.5 Å². The number of aromatic amines is 1. The number of benzene rings is 1. The van der Waals surface area contributed by atoms with Gasteiger partial charge in [0.2, 0.25) is 6.79 Å². The number of nitrogens with two attached hydrogens (primary N) is 1. The maximum atomic E-state index is 13.4. The predicted molar refractivity (Wildman–Crippen MR) is 123 cm³/mol. The van der Waals surface area contributed by atoms with Crippen molar-refractivity contribution in [2.45, 2.75) is 25.2 Å². The van der Waals surface area contributed by atoms with Gasteiger partial charge in [0.05, 0.1) is 11.4 Å². The van der Waals surface area contributed by atoms with Gasteiger partial charge in [-0.25, -0.2) is 13.8 Å². The average molecular weight is 497 g/mol. The zero-order valence-electron chi connectivity index (χ0n) is 17.9. The highest BCUT2D eigenvalue weighted by Crippen LogP contribution is 2.48. The number of hydrogen-bond acceptors (Lipinski definition) is 7. The molecule has 12 heteroatoms. The number of hydrogen-bond donors (Lipinski definition) is 3. The van der Waals surface area contributed by atoms with Crippen LogP contribution in [0, 0.1) is 0 Å². The number of halogens is 2. The Morgan fingerprint density at radius 3 is 2.71 bits per heavy atom. The summed E-state index contributed by atoms with van der Waals surface area (Å²) >= 11 is 0.888. The van der Waals surface area contributed by atoms with E-state index < -0.39 is 18.2 Å². The lowest BCUT2D eigenvalue weighted by Crippen LogP contribution is -2.17. The van der Waals surface area contributed by atoms with E-state index in [0.717, 1.165) is 24.2 Å². The number of anilines is 1. The number of nitrogens with one attached hydrogen (secondary N) is 2. The Kier molecular flexibility index (Phi) is 4.92. The highest BCUT2D eigenvalue weighted by atomic mass is 32.1. The fraction of sp³-hybridized carbons (Fsp3) is 0.217. The molecule has 4 heterocycles. The second kappa shape index (κ2) is 8.01. The Morgan fingerprint density at radius 2 is 1.97 bits per heavy atom. The van der Waals surface area contributed by atoms with Gasteiger partial charge in [0.1, 0.15) is 21.1 Å². The van der Waals surface area contributed by atoms with Crippen molar-refractivity contribution < 1.29 is 27.8 Å². The minimum Gasteiger partial charge on any atom is -0.454 e. The van der Waals surface area contributed by atoms with Crippen molar-refractivity contribution in [2.24, 2.45) is 5.73 Å². The molecule has 0 unspecified atom stereocenters. The fourth-order valence-electron chi connectivity index (χ4n) is 4.09. The van der Waals surface area contributed by atoms with E-state index in [4.69, 9.17) is 15.2 Å². The Balaban J connectivity index is 1.37. The standard InChI is InChI=1S/C23H17F2N5O4S/c24-20(25)13-6-11(9-1-2-9)17-18(19(21(26)31)35-23(17)27-13)28-22(32)14-7-12(29-30-14)10-3-4-15-16(5-10)34-8-33-15/h3-7,9,20H,1-2,8H2,(H2,26,31)(H,28,32)(H,29,30). The van der Waals surface area contributed by atoms with Crippen molar-refractivity contribution in [1.29, 1.82) is 0 Å². The normalized spacial score (nSPS) is 14.6. The van der Waals surface area contributed by atoms with Crippen molar-refractivity contribution in [2.75, 3.05) is 12.1 Å². The molecule has 1 aliphatic heterocycles. The Morgan fingerprint density at radius 1 is 1.17 bits per heavy atom. The number of rotatable bonds is 6. The highest BCUT2D eigenvalue weighted by Gasteiger charge is 2.32. The third-order valence-corrected chi connectivity index (χ3v) is 7.00. The summed E-state index contributed by atoms with van der Waals surface area (Å²) in [4.78, 5) is 29.6. The molecule has 6 rings (SSSR count). The maximum Gasteiger partial charge on any atom is 0.280 e. The summed E-state index contributed by atoms with van der Waals surface area (Å²) in [6.07, 6.45) is -1.10. The van der Waals surface area contributed by atoms with E-state index in [2.05, 4.69) is 20.5 Å². The molecular formula is C23H17F2N5O4S. The maximum absolute atomic E-state index is 13.4. The molecule has 0 spiro atoms. The number of H-pyrrole nitrogens is 1. The second-order valence-corrected chi connectivity index (χ2v) is 9.25. The summed E-state index contributed by atoms with van der Waals surface area (Å²) in [5, 5.41) is 10.1. The van der Waals surface area contributed by atoms with Crippen LogP contribution in [-0.4, -0.2) is 33.8 Å². The molecular weight excluding hydrogens is 480 g/mol. The summed E-state index contributed by atoms with van der Waals surface area (Å²) in [7, 11) is 0. The number of thiophene rings is 1. The van der Waals surface area contributed by atoms with Crippen molar-refractivity contribution >= 4 is 39.1 Å². The van der Waals surface area contributed by atoms with Crippen LogP contribution in [0.5, 0.6) is 11.5 Å². The first-order valence-corrected chi connectivity index (χ1v) is 11.5. The first-order chi connectivity index (χ1) is 16.9. The highest BCUT2D eigenvalue weighted by molar-refractivity contribution is 7.21. The predicted octanol–water partition coefficient (Wildman–Crippen LogP) is 4.58. The summed E-state index contributed by atoms with van der Waals surface area (Å²) in [6, 6.07) is 8.21. The van der Waals surface area contributed by atoms with Crippen LogP contribution in [0.1, 0.15) is 56.6 Å². The largest absolute Gasteiger partial charge is 0.454 e. The molecule has 0 bridgehead atoms. The van der Waals surface area contributed by atoms with E-state index in [9.17, 15) is 18.4 Å². The number of aromatic nitrogens is 3. The molecule has 2 amide bonds. The molecule has 2 aliphatic rings. The molecule has 1 fully saturated rings. The zero-order valence-corrected chi connectivity index (χ0v) is 18.7. The van der Waals surface area contributed by atoms with Crippen molar-refractivity contribution in [1.82, 2.24) is 15.2 Å². The SMILES string of the molecule is NC(=O)c1sc2nc(C(F)F)cc(C3CC3)c2c1NC(=O)c1cc(-c2ccc3c(c2)OCO3)n[nH]1. The van der Waals surface area contributed by atoms with Crippen molar-refractivity contribution in [3.8, 4) is 22.8 Å². The lowest BCUT2D eigenvalue weighted by Gasteiger charge is -2.09. The van der Waals surface area contributed by atoms with Crippen LogP contribution in [0.4, 0.5) is 14.5 Å². The number of pyridine rings is 1. The average Bonchev–Trinajstić information content (AvgIpc) is 3.22. The minimum absolute atomic E-state index is 0.0460. The smallest absolute Gasteiger partial charge is 0.280 e. The van der Waals surface area contributed by atoms with Gasteiger partial charge in [0, 0.05) is 10.9 Å². The molecule has 0 atom stereocenters. The van der Waals surface area contributed by atoms with Gasteiger partial charge in [-0.1, -0.05) is 0 Å². The number of fused-ring (bicyclic) bond motifs is 2. The Hall–Kier alpha value is -4.06. The van der Waals surface area contributed by atoms with Gasteiger partial charge in [0.25, 0.3) is 18.2 Å². The molecule has 178 valence electrons. The van der Waals surface area contributed by atoms with Gasteiger partial charge in [-0.15, -0.1) is 11.3 Å². The third-order valence-electron chi connectivity index (χ3n) is 5.91. The Labute approximate surface area is 200 Å². The molecule has 4 aromatic rings. The monoisotopic (exact) mass is 497 g/mol. The lowest BCUT2D eigenvalue weighted by molar-refractivity contribution is 0.100. The van der Waals surface area contributed by atoms with Crippen LogP contribution in [0.15, 0.2) is 30.3 Å². The van der Waals surface area contributed by atoms with E-state index in [-0.39, 0.29) is 39.5 Å². The Bertz CT molecular complexity index is 1510. The molecule has 0 radical (unpaired) electrons. The molecule has 1 aromatic carbocycles. The lowest BCUT2D eigenvalue weighted by atomic mass is 10.0. The number of nitrogens with zero attached hydrogens (tertiary/aromatic N) is 2. The van der Waals surface area contributed by atoms with Crippen molar-refractivity contribution in [3.63, 3.8) is 0 Å². The van der Waals surface area contributed by atoms with Crippen LogP contribution in [0.2, 0.25) is 0 Å². The zero-order chi connectivity index (χ0) is 24.3. The van der Waals surface area contributed by atoms with E-state index in [1.807, 2.05) is 0 Å². The van der Waals surface area contributed by atoms with Gasteiger partial charge >= 0.3 is 0 Å². The number of carbonyl (C=O) groups is 2. The van der Waals surface area contributed by atoms with Gasteiger partial charge in [-0.3, -0.25) is 14.7 Å². The molecule has 9 nitrogen and oxygen atoms in total. The van der Waals surface area contributed by atoms with Gasteiger partial charge in [-0.05, 0) is 54.7 Å². The molecule has 0 saturated heterocycles. The number of amides is 2. The van der Waals surface area contributed by atoms with E-state index >= 15 is 0 Å². The van der Waals surface area contributed by atoms with Gasteiger partial charge in [-0.2, -0.15) is 5.10 Å². The topological polar surface area (TPSA) is 132 Å². The van der Waals surface area contributed by atoms with Crippen LogP contribution >= 0.6 is 11.3 Å². The van der Waals surface area contributed by atoms with Crippen LogP contribution in [-0.2, 0) is 0 Å². The van der Waals surface area contributed by atoms with E-state index in [1.165, 1.54) is 6.07 Å². The van der Waals surface area contributed by atoms with E-state index in [0.29, 0.717) is 33.7 Å². The van der Waals surface area contributed by atoms with E-state index in [1.54, 1.807) is 24.3 Å². The molecule has 35 heavy (non-hydrogen) atoms. The number of primary amides is 1. The molecule has 4 N–H and O–H groups in total. The quantitative estimate of drug-likeness (QED) is 0.357.